The van der Waals surface area contributed by atoms with Gasteiger partial charge in [-0.2, -0.15) is 0 Å². The highest BCUT2D eigenvalue weighted by atomic mass is 32.2. The van der Waals surface area contributed by atoms with Crippen LogP contribution in [0.25, 0.3) is 0 Å². The lowest BCUT2D eigenvalue weighted by atomic mass is 10.0. The minimum absolute atomic E-state index is 0.149. The average molecular weight is 1080 g/mol. The van der Waals surface area contributed by atoms with Gasteiger partial charge < -0.3 is 9.84 Å². The van der Waals surface area contributed by atoms with Crippen molar-refractivity contribution in [2.75, 3.05) is 13.1 Å². The molecular formula is C63H102N3O7PS. The van der Waals surface area contributed by atoms with E-state index in [1.165, 1.54) is 144 Å². The van der Waals surface area contributed by atoms with Crippen LogP contribution in [-0.2, 0) is 43.8 Å². The molecule has 2 amide bonds. The summed E-state index contributed by atoms with van der Waals surface area (Å²) in [6, 6.07) is 24.1. The molecule has 2 N–H and O–H groups in total. The molecule has 12 heteroatoms. The number of amides is 2. The SMILES string of the molecule is C=CCC.C=CCC.CCCCCCCCCCCCc1ccc(C)cc1.CCCCCCCCCCCCc1ccc(S(=O)(=O)NC(=O)[C@@H]2CCCN2P)cc1.O=C(O)[C@@H]1CCCN1C(=O)OCc1ccccc1. The molecule has 2 saturated heterocycles. The monoisotopic (exact) mass is 1080 g/mol. The van der Waals surface area contributed by atoms with Crippen molar-refractivity contribution in [3.63, 3.8) is 0 Å². The van der Waals surface area contributed by atoms with Crippen LogP contribution < -0.4 is 4.72 Å². The molecule has 2 aliphatic rings. The van der Waals surface area contributed by atoms with E-state index in [-0.39, 0.29) is 17.5 Å². The predicted molar refractivity (Wildman–Crippen MR) is 318 cm³/mol. The number of sulfonamides is 1. The first-order valence-corrected chi connectivity index (χ1v) is 30.9. The Morgan fingerprint density at radius 2 is 1.03 bits per heavy atom. The Morgan fingerprint density at radius 3 is 1.44 bits per heavy atom. The molecular weight excluding hydrogens is 974 g/mol. The van der Waals surface area contributed by atoms with Gasteiger partial charge in [-0.3, -0.25) is 14.4 Å². The number of aryl methyl sites for hydroxylation is 3. The number of allylic oxidation sites excluding steroid dienone is 2. The van der Waals surface area contributed by atoms with E-state index in [1.807, 2.05) is 59.3 Å². The maximum atomic E-state index is 12.5. The standard InChI is InChI=1S/C23H39N2O3PS.C19H32.C13H15NO4.2C4H8/c1-2-3-4-5-6-7-8-9-10-11-13-20-15-17-21(18-16-20)30(27,28)24-23(26)22-14-12-19-25(22)29;1-3-4-5-6-7-8-9-10-11-12-13-19-16-14-18(2)15-17-19;15-12(16)11-7-4-8-14(11)13(17)18-9-10-5-2-1-3-6-10;2*1-3-4-2/h15-18,22H,2-14,19,29H2,1H3,(H,24,26);14-17H,3-13H2,1-2H3;1-3,5-6,11H,4,7-9H2,(H,15,16);2*3H,1,4H2,2H3/t22-;;11-;;/m0.0../s1. The van der Waals surface area contributed by atoms with Crippen molar-refractivity contribution in [1.29, 1.82) is 0 Å². The summed E-state index contributed by atoms with van der Waals surface area (Å²) in [6.07, 6.45) is 37.7. The first-order chi connectivity index (χ1) is 36.3. The number of carbonyl (C=O) groups excluding carboxylic acids is 2. The van der Waals surface area contributed by atoms with E-state index in [0.717, 1.165) is 49.8 Å². The number of rotatable bonds is 30. The van der Waals surface area contributed by atoms with Crippen LogP contribution in [0.2, 0.25) is 0 Å². The normalized spacial score (nSPS) is 14.8. The molecule has 75 heavy (non-hydrogen) atoms. The Hall–Kier alpha value is -4.31. The van der Waals surface area contributed by atoms with Crippen molar-refractivity contribution in [3.8, 4) is 0 Å². The first kappa shape index (κ1) is 68.7. The van der Waals surface area contributed by atoms with Gasteiger partial charge in [-0.05, 0) is 100.0 Å². The highest BCUT2D eigenvalue weighted by molar-refractivity contribution is 7.90. The maximum Gasteiger partial charge on any atom is 0.410 e. The van der Waals surface area contributed by atoms with Crippen LogP contribution in [-0.4, -0.2) is 66.2 Å². The maximum absolute atomic E-state index is 12.5. The number of ether oxygens (including phenoxy) is 1. The number of benzene rings is 3. The lowest BCUT2D eigenvalue weighted by Gasteiger charge is -2.20. The molecule has 2 aliphatic heterocycles. The van der Waals surface area contributed by atoms with Crippen molar-refractivity contribution >= 4 is 37.4 Å². The van der Waals surface area contributed by atoms with Gasteiger partial charge in [-0.1, -0.05) is 237 Å². The third-order valence-electron chi connectivity index (χ3n) is 13.4. The van der Waals surface area contributed by atoms with E-state index < -0.39 is 34.0 Å². The molecule has 422 valence electrons. The largest absolute Gasteiger partial charge is 0.480 e. The number of aliphatic carboxylic acids is 1. The second-order valence-corrected chi connectivity index (χ2v) is 22.3. The quantitative estimate of drug-likeness (QED) is 0.0383. The summed E-state index contributed by atoms with van der Waals surface area (Å²) in [5, 5.41) is 8.97. The van der Waals surface area contributed by atoms with Crippen molar-refractivity contribution < 1.29 is 32.6 Å². The van der Waals surface area contributed by atoms with Crippen molar-refractivity contribution in [3.05, 3.63) is 126 Å². The molecule has 0 aromatic heterocycles. The van der Waals surface area contributed by atoms with Crippen LogP contribution in [0.3, 0.4) is 0 Å². The van der Waals surface area contributed by atoms with E-state index in [0.29, 0.717) is 25.8 Å². The molecule has 5 rings (SSSR count). The van der Waals surface area contributed by atoms with E-state index in [4.69, 9.17) is 9.84 Å². The second-order valence-electron chi connectivity index (χ2n) is 20.0. The van der Waals surface area contributed by atoms with E-state index in [1.54, 1.807) is 12.1 Å². The zero-order chi connectivity index (χ0) is 55.4. The Kier molecular flexibility index (Phi) is 41.0. The number of carboxylic acids is 1. The summed E-state index contributed by atoms with van der Waals surface area (Å²) in [6.45, 7) is 19.2. The van der Waals surface area contributed by atoms with Gasteiger partial charge in [0.2, 0.25) is 0 Å². The molecule has 0 radical (unpaired) electrons. The lowest BCUT2D eigenvalue weighted by molar-refractivity contribution is -0.141. The zero-order valence-corrected chi connectivity index (χ0v) is 49.4. The van der Waals surface area contributed by atoms with E-state index in [9.17, 15) is 22.8 Å². The van der Waals surface area contributed by atoms with Crippen LogP contribution in [0.5, 0.6) is 0 Å². The van der Waals surface area contributed by atoms with Gasteiger partial charge in [-0.15, -0.1) is 13.2 Å². The molecule has 3 atom stereocenters. The molecule has 0 aliphatic carbocycles. The van der Waals surface area contributed by atoms with Gasteiger partial charge in [0.25, 0.3) is 15.9 Å². The summed E-state index contributed by atoms with van der Waals surface area (Å²) in [5.74, 6) is -1.42. The van der Waals surface area contributed by atoms with Gasteiger partial charge in [0.05, 0.1) is 10.9 Å². The summed E-state index contributed by atoms with van der Waals surface area (Å²) in [5.41, 5.74) is 4.90. The van der Waals surface area contributed by atoms with Crippen molar-refractivity contribution in [1.82, 2.24) is 14.3 Å². The smallest absolute Gasteiger partial charge is 0.410 e. The molecule has 3 aromatic carbocycles. The van der Waals surface area contributed by atoms with Gasteiger partial charge in [0.15, 0.2) is 0 Å². The Morgan fingerprint density at radius 1 is 0.613 bits per heavy atom. The van der Waals surface area contributed by atoms with Crippen molar-refractivity contribution in [2.45, 2.75) is 238 Å². The predicted octanol–water partition coefficient (Wildman–Crippen LogP) is 16.7. The molecule has 0 saturated carbocycles. The van der Waals surface area contributed by atoms with Gasteiger partial charge >= 0.3 is 12.1 Å². The Balaban J connectivity index is 0.000000542. The first-order valence-electron chi connectivity index (χ1n) is 28.9. The summed E-state index contributed by atoms with van der Waals surface area (Å²) < 4.78 is 34.2. The molecule has 0 spiro atoms. The van der Waals surface area contributed by atoms with E-state index >= 15 is 0 Å². The highest BCUT2D eigenvalue weighted by Crippen LogP contribution is 2.23. The molecule has 2 heterocycles. The number of carbonyl (C=O) groups is 3. The Labute approximate surface area is 459 Å². The lowest BCUT2D eigenvalue weighted by Crippen LogP contribution is -2.42. The zero-order valence-electron chi connectivity index (χ0n) is 47.4. The molecule has 1 unspecified atom stereocenters. The second kappa shape index (κ2) is 44.8. The number of nitrogens with zero attached hydrogens (tertiary/aromatic N) is 2. The van der Waals surface area contributed by atoms with E-state index in [2.05, 4.69) is 86.2 Å². The van der Waals surface area contributed by atoms with Crippen LogP contribution >= 0.6 is 9.39 Å². The fourth-order valence-corrected chi connectivity index (χ4v) is 10.1. The third-order valence-corrected chi connectivity index (χ3v) is 15.4. The molecule has 3 aromatic rings. The van der Waals surface area contributed by atoms with Crippen LogP contribution in [0.4, 0.5) is 4.79 Å². The average Bonchev–Trinajstić information content (AvgIpc) is 4.11. The fourth-order valence-electron chi connectivity index (χ4n) is 8.60. The molecule has 10 nitrogen and oxygen atoms in total. The molecule has 0 bridgehead atoms. The number of carboxylic acid groups (broad SMARTS) is 1. The van der Waals surface area contributed by atoms with Crippen LogP contribution in [0.1, 0.15) is 217 Å². The number of likely N-dealkylation sites (tertiary alicyclic amines) is 1. The van der Waals surface area contributed by atoms with Gasteiger partial charge in [0, 0.05) is 13.1 Å². The summed E-state index contributed by atoms with van der Waals surface area (Å²) in [7, 11) is -1.31. The van der Waals surface area contributed by atoms with Crippen molar-refractivity contribution in [2.24, 2.45) is 0 Å². The Bertz CT molecular complexity index is 2020. The minimum Gasteiger partial charge on any atom is -0.480 e. The number of nitrogens with one attached hydrogen (secondary N) is 1. The summed E-state index contributed by atoms with van der Waals surface area (Å²) in [4.78, 5) is 36.4. The number of hydrogen-bond donors (Lipinski definition) is 2. The third kappa shape index (κ3) is 33.5. The highest BCUT2D eigenvalue weighted by Gasteiger charge is 2.35. The minimum atomic E-state index is -3.82. The number of unbranched alkanes of at least 4 members (excludes halogenated alkanes) is 18. The number of hydrogen-bond acceptors (Lipinski definition) is 7. The molecule has 2 fully saturated rings. The topological polar surface area (TPSA) is 133 Å². The van der Waals surface area contributed by atoms with Gasteiger partial charge in [0.1, 0.15) is 12.6 Å². The fraction of sp³-hybridized carbons (Fsp3) is 0.603. The van der Waals surface area contributed by atoms with Crippen LogP contribution in [0.15, 0.2) is 109 Å². The van der Waals surface area contributed by atoms with Gasteiger partial charge in [-0.25, -0.2) is 22.7 Å². The van der Waals surface area contributed by atoms with Crippen LogP contribution in [0, 0.1) is 6.92 Å². The summed E-state index contributed by atoms with van der Waals surface area (Å²) >= 11 is 0.